The summed E-state index contributed by atoms with van der Waals surface area (Å²) in [7, 11) is 0. The summed E-state index contributed by atoms with van der Waals surface area (Å²) in [4.78, 5) is 61.7. The first-order chi connectivity index (χ1) is 16.4. The Bertz CT molecular complexity index is 1590. The highest BCUT2D eigenvalue weighted by Crippen LogP contribution is 2.35. The van der Waals surface area contributed by atoms with Gasteiger partial charge in [-0.25, -0.2) is 9.78 Å². The van der Waals surface area contributed by atoms with Crippen LogP contribution in [-0.4, -0.2) is 35.6 Å². The van der Waals surface area contributed by atoms with Crippen LogP contribution in [-0.2, 0) is 6.54 Å². The van der Waals surface area contributed by atoms with Crippen molar-refractivity contribution in [3.8, 4) is 0 Å². The quantitative estimate of drug-likeness (QED) is 0.232. The second kappa shape index (κ2) is 8.75. The van der Waals surface area contributed by atoms with Gasteiger partial charge in [0, 0.05) is 18.4 Å². The number of H-pyrrole nitrogens is 1. The number of aromatic nitrogens is 5. The lowest BCUT2D eigenvalue weighted by Gasteiger charge is -2.14. The van der Waals surface area contributed by atoms with Crippen molar-refractivity contribution in [3.63, 3.8) is 0 Å². The lowest BCUT2D eigenvalue weighted by atomic mass is 10.2. The fourth-order valence-electron chi connectivity index (χ4n) is 3.80. The second-order valence-electron chi connectivity index (χ2n) is 8.00. The number of hydrogen-bond acceptors (Lipinski definition) is 8. The Morgan fingerprint density at radius 2 is 1.94 bits per heavy atom. The minimum absolute atomic E-state index is 0.102. The number of pyridine rings is 1. The third kappa shape index (κ3) is 4.05. The SMILES string of the molecule is Nc1c(C(=O)CSc2nc3ccccc3c(=O)n2Cc2cccnc2)c(=O)[nH]c(=O)n1C1CC1. The van der Waals surface area contributed by atoms with E-state index in [0.717, 1.165) is 30.2 Å². The molecule has 172 valence electrons. The number of benzene rings is 1. The molecule has 34 heavy (non-hydrogen) atoms. The number of anilines is 1. The second-order valence-corrected chi connectivity index (χ2v) is 8.94. The van der Waals surface area contributed by atoms with Crippen molar-refractivity contribution in [2.24, 2.45) is 0 Å². The monoisotopic (exact) mass is 476 g/mol. The van der Waals surface area contributed by atoms with Gasteiger partial charge in [0.2, 0.25) is 0 Å². The lowest BCUT2D eigenvalue weighted by Crippen LogP contribution is -2.36. The van der Waals surface area contributed by atoms with Gasteiger partial charge in [0.15, 0.2) is 10.9 Å². The summed E-state index contributed by atoms with van der Waals surface area (Å²) in [6.45, 7) is 0.219. The lowest BCUT2D eigenvalue weighted by molar-refractivity contribution is 0.102. The molecular weight excluding hydrogens is 456 g/mol. The van der Waals surface area contributed by atoms with Gasteiger partial charge in [0.1, 0.15) is 11.4 Å². The van der Waals surface area contributed by atoms with Crippen molar-refractivity contribution in [1.82, 2.24) is 24.1 Å². The summed E-state index contributed by atoms with van der Waals surface area (Å²) in [6.07, 6.45) is 4.82. The summed E-state index contributed by atoms with van der Waals surface area (Å²) in [5.74, 6) is -0.858. The molecule has 0 amide bonds. The predicted molar refractivity (Wildman–Crippen MR) is 128 cm³/mol. The van der Waals surface area contributed by atoms with Crippen LogP contribution in [0.5, 0.6) is 0 Å². The highest BCUT2D eigenvalue weighted by atomic mass is 32.2. The van der Waals surface area contributed by atoms with E-state index in [2.05, 4.69) is 15.0 Å². The number of carbonyl (C=O) groups excluding carboxylic acids is 1. The first-order valence-electron chi connectivity index (χ1n) is 10.6. The molecule has 0 aliphatic heterocycles. The molecule has 3 N–H and O–H groups in total. The minimum Gasteiger partial charge on any atom is -0.384 e. The van der Waals surface area contributed by atoms with Crippen molar-refractivity contribution < 1.29 is 4.79 Å². The van der Waals surface area contributed by atoms with Crippen LogP contribution < -0.4 is 22.5 Å². The standard InChI is InChI=1S/C23H20N6O4S/c24-19-18(20(31)27-22(33)29(19)14-7-8-14)17(30)12-34-23-26-16-6-2-1-5-15(16)21(32)28(23)11-13-4-3-9-25-10-13/h1-6,9-10,14H,7-8,11-12,24H2,(H,27,31,33). The minimum atomic E-state index is -0.816. The Morgan fingerprint density at radius 1 is 1.15 bits per heavy atom. The van der Waals surface area contributed by atoms with E-state index in [-0.39, 0.29) is 35.3 Å². The van der Waals surface area contributed by atoms with E-state index in [9.17, 15) is 19.2 Å². The zero-order chi connectivity index (χ0) is 23.8. The number of ketones is 1. The molecule has 0 radical (unpaired) electrons. The van der Waals surface area contributed by atoms with Crippen LogP contribution in [0.1, 0.15) is 34.8 Å². The van der Waals surface area contributed by atoms with Gasteiger partial charge in [-0.15, -0.1) is 0 Å². The van der Waals surface area contributed by atoms with Gasteiger partial charge in [-0.05, 0) is 36.6 Å². The molecule has 1 aliphatic rings. The molecule has 5 rings (SSSR count). The molecule has 0 spiro atoms. The molecule has 1 aromatic carbocycles. The third-order valence-corrected chi connectivity index (χ3v) is 6.57. The smallest absolute Gasteiger partial charge is 0.330 e. The Kier molecular flexibility index (Phi) is 5.62. The van der Waals surface area contributed by atoms with Crippen LogP contribution in [0.3, 0.4) is 0 Å². The number of Topliss-reactive ketones (excluding diaryl/α,β-unsaturated/α-hetero) is 1. The van der Waals surface area contributed by atoms with Gasteiger partial charge in [0.05, 0.1) is 23.2 Å². The summed E-state index contributed by atoms with van der Waals surface area (Å²) in [5, 5.41) is 0.783. The van der Waals surface area contributed by atoms with Crippen molar-refractivity contribution in [3.05, 3.63) is 91.1 Å². The Labute approximate surface area is 196 Å². The number of fused-ring (bicyclic) bond motifs is 1. The largest absolute Gasteiger partial charge is 0.384 e. The van der Waals surface area contributed by atoms with Gasteiger partial charge >= 0.3 is 5.69 Å². The Balaban J connectivity index is 1.51. The van der Waals surface area contributed by atoms with Crippen LogP contribution in [0.4, 0.5) is 5.82 Å². The molecule has 10 nitrogen and oxygen atoms in total. The van der Waals surface area contributed by atoms with E-state index >= 15 is 0 Å². The number of nitrogens with one attached hydrogen (secondary N) is 1. The van der Waals surface area contributed by atoms with Crippen LogP contribution in [0.2, 0.25) is 0 Å². The number of nitrogen functional groups attached to an aromatic ring is 1. The van der Waals surface area contributed by atoms with E-state index in [1.807, 2.05) is 6.07 Å². The molecule has 0 bridgehead atoms. The number of hydrogen-bond donors (Lipinski definition) is 2. The fraction of sp³-hybridized carbons (Fsp3) is 0.217. The molecule has 3 heterocycles. The van der Waals surface area contributed by atoms with Crippen molar-refractivity contribution in [2.45, 2.75) is 30.6 Å². The summed E-state index contributed by atoms with van der Waals surface area (Å²) >= 11 is 1.04. The Hall–Kier alpha value is -3.99. The first kappa shape index (κ1) is 21.8. The molecule has 1 fully saturated rings. The van der Waals surface area contributed by atoms with Crippen molar-refractivity contribution in [1.29, 1.82) is 0 Å². The number of para-hydroxylation sites is 1. The van der Waals surface area contributed by atoms with Crippen LogP contribution in [0, 0.1) is 0 Å². The third-order valence-electron chi connectivity index (χ3n) is 5.60. The zero-order valence-electron chi connectivity index (χ0n) is 17.9. The number of thioether (sulfide) groups is 1. The molecule has 11 heteroatoms. The van der Waals surface area contributed by atoms with E-state index in [1.54, 1.807) is 42.7 Å². The fourth-order valence-corrected chi connectivity index (χ4v) is 4.68. The van der Waals surface area contributed by atoms with Gasteiger partial charge in [-0.1, -0.05) is 30.0 Å². The van der Waals surface area contributed by atoms with Crippen LogP contribution >= 0.6 is 11.8 Å². The van der Waals surface area contributed by atoms with E-state index in [1.165, 1.54) is 9.13 Å². The van der Waals surface area contributed by atoms with E-state index < -0.39 is 17.0 Å². The number of nitrogens with zero attached hydrogens (tertiary/aromatic N) is 4. The average Bonchev–Trinajstić information content (AvgIpc) is 3.65. The summed E-state index contributed by atoms with van der Waals surface area (Å²) in [6, 6.07) is 10.5. The average molecular weight is 477 g/mol. The van der Waals surface area contributed by atoms with Gasteiger partial charge < -0.3 is 5.73 Å². The Morgan fingerprint density at radius 3 is 2.68 bits per heavy atom. The molecular formula is C23H20N6O4S. The maximum absolute atomic E-state index is 13.2. The first-order valence-corrected chi connectivity index (χ1v) is 11.6. The van der Waals surface area contributed by atoms with E-state index in [0.29, 0.717) is 16.1 Å². The van der Waals surface area contributed by atoms with E-state index in [4.69, 9.17) is 5.73 Å². The molecule has 0 atom stereocenters. The van der Waals surface area contributed by atoms with Crippen LogP contribution in [0.15, 0.2) is 68.3 Å². The van der Waals surface area contributed by atoms with Gasteiger partial charge in [0.25, 0.3) is 11.1 Å². The number of aromatic amines is 1. The van der Waals surface area contributed by atoms with Crippen LogP contribution in [0.25, 0.3) is 10.9 Å². The normalized spacial score (nSPS) is 13.3. The summed E-state index contributed by atoms with van der Waals surface area (Å²) < 4.78 is 2.75. The molecule has 3 aromatic heterocycles. The predicted octanol–water partition coefficient (Wildman–Crippen LogP) is 1.58. The molecule has 0 saturated heterocycles. The molecule has 0 unspecified atom stereocenters. The zero-order valence-corrected chi connectivity index (χ0v) is 18.7. The van der Waals surface area contributed by atoms with Gasteiger partial charge in [-0.3, -0.25) is 33.5 Å². The topological polar surface area (TPSA) is 146 Å². The summed E-state index contributed by atoms with van der Waals surface area (Å²) in [5.41, 5.74) is 5.44. The maximum Gasteiger partial charge on any atom is 0.330 e. The molecule has 4 aromatic rings. The molecule has 1 saturated carbocycles. The van der Waals surface area contributed by atoms with Crippen molar-refractivity contribution in [2.75, 3.05) is 11.5 Å². The van der Waals surface area contributed by atoms with Gasteiger partial charge in [-0.2, -0.15) is 0 Å². The maximum atomic E-state index is 13.2. The number of rotatable bonds is 7. The highest BCUT2D eigenvalue weighted by Gasteiger charge is 2.30. The number of carbonyl (C=O) groups is 1. The highest BCUT2D eigenvalue weighted by molar-refractivity contribution is 7.99. The number of nitrogens with two attached hydrogens (primary N) is 1. The molecule has 1 aliphatic carbocycles. The van der Waals surface area contributed by atoms with Crippen molar-refractivity contribution >= 4 is 34.3 Å².